The Balaban J connectivity index is 0.00000112. The van der Waals surface area contributed by atoms with Gasteiger partial charge in [-0.05, 0) is 17.5 Å². The molecular weight excluding hydrogens is 265 g/mol. The molecule has 2 nitrogen and oxygen atoms in total. The topological polar surface area (TPSA) is 29.5 Å². The van der Waals surface area contributed by atoms with Crippen LogP contribution in [-0.4, -0.2) is 5.11 Å². The second-order valence-electron chi connectivity index (χ2n) is 2.92. The van der Waals surface area contributed by atoms with E-state index in [1.807, 2.05) is 18.2 Å². The van der Waals surface area contributed by atoms with Gasteiger partial charge >= 0.3 is 0 Å². The Kier molecular flexibility index (Phi) is 4.31. The van der Waals surface area contributed by atoms with Crippen LogP contribution in [0.2, 0.25) is 0 Å². The quantitative estimate of drug-likeness (QED) is 0.853. The molecule has 0 saturated heterocycles. The van der Waals surface area contributed by atoms with Gasteiger partial charge in [-0.15, -0.1) is 0 Å². The number of rotatable bonds is 2. The Hall–Kier alpha value is -0.856. The van der Waals surface area contributed by atoms with Crippen LogP contribution in [0.4, 0.5) is 0 Å². The second kappa shape index (κ2) is 5.29. The Bertz CT molecular complexity index is 475. The van der Waals surface area contributed by atoms with Crippen molar-refractivity contribution >= 4 is 10.8 Å². The van der Waals surface area contributed by atoms with E-state index in [1.54, 1.807) is 18.2 Å². The van der Waals surface area contributed by atoms with Crippen molar-refractivity contribution in [2.75, 3.05) is 0 Å². The summed E-state index contributed by atoms with van der Waals surface area (Å²) in [6.07, 6.45) is 1.35. The molecule has 0 aliphatic rings. The summed E-state index contributed by atoms with van der Waals surface area (Å²) in [7, 11) is 0. The van der Waals surface area contributed by atoms with Gasteiger partial charge in [0.1, 0.15) is 11.5 Å². The molecule has 3 heteroatoms. The van der Waals surface area contributed by atoms with Gasteiger partial charge in [0.15, 0.2) is 0 Å². The molecule has 2 aromatic carbocycles. The number of phenols is 1. The van der Waals surface area contributed by atoms with Gasteiger partial charge < -0.3 is 9.84 Å². The summed E-state index contributed by atoms with van der Waals surface area (Å²) in [4.78, 5) is 0. The minimum absolute atomic E-state index is 0. The molecule has 0 unspecified atom stereocenters. The zero-order valence-electron chi connectivity index (χ0n) is 8.18. The fraction of sp³-hybridized carbons (Fsp3) is 0. The number of aromatic hydroxyl groups is 1. The second-order valence-corrected chi connectivity index (χ2v) is 2.92. The first-order chi connectivity index (χ1) is 6.83. The summed E-state index contributed by atoms with van der Waals surface area (Å²) < 4.78 is 5.20. The Morgan fingerprint density at radius 2 is 1.80 bits per heavy atom. The van der Waals surface area contributed by atoms with E-state index in [-0.39, 0.29) is 38.5 Å². The third kappa shape index (κ3) is 2.39. The molecule has 0 aliphatic carbocycles. The molecule has 0 amide bonds. The minimum atomic E-state index is 0. The third-order valence-electron chi connectivity index (χ3n) is 2.05. The molecule has 0 aromatic heterocycles. The largest absolute Gasteiger partial charge is 0.507 e. The van der Waals surface area contributed by atoms with Crippen LogP contribution in [0, 0.1) is 0 Å². The first-order valence-corrected chi connectivity index (χ1v) is 4.31. The van der Waals surface area contributed by atoms with Crippen LogP contribution >= 0.6 is 0 Å². The summed E-state index contributed by atoms with van der Waals surface area (Å²) in [5.74, 6) is 0.843. The Morgan fingerprint density at radius 1 is 1.13 bits per heavy atom. The zero-order chi connectivity index (χ0) is 9.97. The van der Waals surface area contributed by atoms with E-state index >= 15 is 0 Å². The van der Waals surface area contributed by atoms with Crippen molar-refractivity contribution in [3.63, 3.8) is 0 Å². The average molecular weight is 275 g/mol. The fourth-order valence-electron chi connectivity index (χ4n) is 1.48. The molecule has 15 heavy (non-hydrogen) atoms. The van der Waals surface area contributed by atoms with Crippen molar-refractivity contribution in [1.29, 1.82) is 0 Å². The van der Waals surface area contributed by atoms with Gasteiger partial charge in [-0.1, -0.05) is 30.8 Å². The zero-order valence-corrected chi connectivity index (χ0v) is 11.0. The monoisotopic (exact) mass is 275 g/mol. The summed E-state index contributed by atoms with van der Waals surface area (Å²) in [5, 5.41) is 11.3. The van der Waals surface area contributed by atoms with Crippen molar-refractivity contribution in [2.45, 2.75) is 0 Å². The maximum Gasteiger partial charge on any atom is 0.138 e. The Labute approximate surface area is 113 Å². The summed E-state index contributed by atoms with van der Waals surface area (Å²) in [5.41, 5.74) is 0. The first kappa shape index (κ1) is 12.2. The SMILES string of the molecule is C=COc1cccc2cccc(O)c12.[Y]. The maximum atomic E-state index is 9.66. The molecular formula is C12H10O2Y. The molecule has 0 saturated carbocycles. The van der Waals surface area contributed by atoms with E-state index in [0.717, 1.165) is 10.8 Å². The molecule has 1 N–H and O–H groups in total. The predicted molar refractivity (Wildman–Crippen MR) is 56.4 cm³/mol. The molecule has 0 spiro atoms. The fourth-order valence-corrected chi connectivity index (χ4v) is 1.48. The number of hydrogen-bond donors (Lipinski definition) is 1. The molecule has 73 valence electrons. The van der Waals surface area contributed by atoms with Gasteiger partial charge in [0, 0.05) is 32.7 Å². The van der Waals surface area contributed by atoms with Crippen LogP contribution in [0.1, 0.15) is 0 Å². The first-order valence-electron chi connectivity index (χ1n) is 4.31. The molecule has 1 radical (unpaired) electrons. The maximum absolute atomic E-state index is 9.66. The van der Waals surface area contributed by atoms with Crippen LogP contribution in [0.3, 0.4) is 0 Å². The van der Waals surface area contributed by atoms with Crippen molar-refractivity contribution in [2.24, 2.45) is 0 Å². The molecule has 0 atom stereocenters. The molecule has 2 rings (SSSR count). The van der Waals surface area contributed by atoms with Crippen LogP contribution in [0.15, 0.2) is 49.2 Å². The molecule has 2 aromatic rings. The van der Waals surface area contributed by atoms with Gasteiger partial charge in [-0.3, -0.25) is 0 Å². The van der Waals surface area contributed by atoms with Crippen LogP contribution in [0.5, 0.6) is 11.5 Å². The predicted octanol–water partition coefficient (Wildman–Crippen LogP) is 3.07. The summed E-state index contributed by atoms with van der Waals surface area (Å²) in [6, 6.07) is 11.0. The van der Waals surface area contributed by atoms with Gasteiger partial charge in [0.2, 0.25) is 0 Å². The van der Waals surface area contributed by atoms with E-state index in [4.69, 9.17) is 4.74 Å². The number of hydrogen-bond acceptors (Lipinski definition) is 2. The average Bonchev–Trinajstić information content (AvgIpc) is 2.19. The van der Waals surface area contributed by atoms with Gasteiger partial charge in [0.25, 0.3) is 0 Å². The summed E-state index contributed by atoms with van der Waals surface area (Å²) in [6.45, 7) is 3.49. The number of phenolic OH excluding ortho intramolecular Hbond substituents is 1. The van der Waals surface area contributed by atoms with Crippen LogP contribution in [0.25, 0.3) is 10.8 Å². The molecule has 0 heterocycles. The molecule has 0 bridgehead atoms. The number of ether oxygens (including phenoxy) is 1. The van der Waals surface area contributed by atoms with Crippen molar-refractivity contribution in [3.05, 3.63) is 49.2 Å². The van der Waals surface area contributed by atoms with Crippen LogP contribution < -0.4 is 4.74 Å². The Morgan fingerprint density at radius 3 is 2.47 bits per heavy atom. The van der Waals surface area contributed by atoms with Gasteiger partial charge in [-0.25, -0.2) is 0 Å². The van der Waals surface area contributed by atoms with E-state index < -0.39 is 0 Å². The standard InChI is InChI=1S/C12H10O2.Y/c1-2-14-11-8-4-6-9-5-3-7-10(13)12(9)11;/h2-8,13H,1H2;. The third-order valence-corrected chi connectivity index (χ3v) is 2.05. The van der Waals surface area contributed by atoms with Crippen LogP contribution in [-0.2, 0) is 32.7 Å². The minimum Gasteiger partial charge on any atom is -0.507 e. The van der Waals surface area contributed by atoms with E-state index in [2.05, 4.69) is 6.58 Å². The van der Waals surface area contributed by atoms with Crippen molar-refractivity contribution < 1.29 is 42.6 Å². The smallest absolute Gasteiger partial charge is 0.138 e. The number of benzene rings is 2. The summed E-state index contributed by atoms with van der Waals surface area (Å²) >= 11 is 0. The van der Waals surface area contributed by atoms with Crippen molar-refractivity contribution in [3.8, 4) is 11.5 Å². The van der Waals surface area contributed by atoms with E-state index in [9.17, 15) is 5.11 Å². The number of fused-ring (bicyclic) bond motifs is 1. The van der Waals surface area contributed by atoms with Gasteiger partial charge in [-0.2, -0.15) is 0 Å². The van der Waals surface area contributed by atoms with Crippen molar-refractivity contribution in [1.82, 2.24) is 0 Å². The molecule has 0 aliphatic heterocycles. The van der Waals surface area contributed by atoms with E-state index in [1.165, 1.54) is 6.26 Å². The van der Waals surface area contributed by atoms with E-state index in [0.29, 0.717) is 5.75 Å². The normalized spacial score (nSPS) is 9.33. The van der Waals surface area contributed by atoms with Gasteiger partial charge in [0.05, 0.1) is 11.6 Å². The molecule has 0 fully saturated rings.